The summed E-state index contributed by atoms with van der Waals surface area (Å²) in [5, 5.41) is 1.18. The first kappa shape index (κ1) is 13.8. The number of hydrogen-bond acceptors (Lipinski definition) is 3. The first-order chi connectivity index (χ1) is 8.58. The molecule has 0 aromatic heterocycles. The van der Waals surface area contributed by atoms with Crippen LogP contribution in [0.1, 0.15) is 6.92 Å². The third-order valence-corrected chi connectivity index (χ3v) is 4.38. The number of ether oxygens (including phenoxy) is 1. The predicted octanol–water partition coefficient (Wildman–Crippen LogP) is 3.29. The van der Waals surface area contributed by atoms with Crippen LogP contribution in [0.2, 0.25) is 10.0 Å². The second kappa shape index (κ2) is 6.04. The molecule has 1 unspecified atom stereocenters. The van der Waals surface area contributed by atoms with Gasteiger partial charge in [0.15, 0.2) is 6.61 Å². The average Bonchev–Trinajstić information content (AvgIpc) is 2.74. The van der Waals surface area contributed by atoms with E-state index in [2.05, 4.69) is 0 Å². The summed E-state index contributed by atoms with van der Waals surface area (Å²) in [7, 11) is 0. The normalized spacial score (nSPS) is 19.1. The lowest BCUT2D eigenvalue weighted by molar-refractivity contribution is -0.133. The van der Waals surface area contributed by atoms with Crippen molar-refractivity contribution in [1.82, 2.24) is 4.90 Å². The molecule has 1 atom stereocenters. The fraction of sp³-hybridized carbons (Fsp3) is 0.417. The minimum Gasteiger partial charge on any atom is -0.482 e. The van der Waals surface area contributed by atoms with E-state index < -0.39 is 0 Å². The minimum atomic E-state index is -0.0153. The van der Waals surface area contributed by atoms with E-state index in [1.54, 1.807) is 30.0 Å². The van der Waals surface area contributed by atoms with Crippen LogP contribution in [0.4, 0.5) is 0 Å². The second-order valence-electron chi connectivity index (χ2n) is 3.92. The molecule has 1 aliphatic rings. The van der Waals surface area contributed by atoms with Gasteiger partial charge < -0.3 is 9.64 Å². The largest absolute Gasteiger partial charge is 0.482 e. The first-order valence-electron chi connectivity index (χ1n) is 5.57. The van der Waals surface area contributed by atoms with Crippen LogP contribution in [0.25, 0.3) is 0 Å². The maximum absolute atomic E-state index is 11.9. The summed E-state index contributed by atoms with van der Waals surface area (Å²) in [6, 6.07) is 4.94. The summed E-state index contributed by atoms with van der Waals surface area (Å²) in [4.78, 5) is 13.7. The Morgan fingerprint density at radius 2 is 2.33 bits per heavy atom. The van der Waals surface area contributed by atoms with Crippen LogP contribution in [0.3, 0.4) is 0 Å². The Morgan fingerprint density at radius 1 is 1.56 bits per heavy atom. The Kier molecular flexibility index (Phi) is 4.65. The van der Waals surface area contributed by atoms with Crippen molar-refractivity contribution in [2.45, 2.75) is 12.3 Å². The fourth-order valence-corrected chi connectivity index (χ4v) is 3.24. The molecule has 0 saturated carbocycles. The highest BCUT2D eigenvalue weighted by Crippen LogP contribution is 2.28. The third kappa shape index (κ3) is 3.25. The molecule has 1 aromatic rings. The van der Waals surface area contributed by atoms with Gasteiger partial charge in [0.05, 0.1) is 10.4 Å². The van der Waals surface area contributed by atoms with Crippen molar-refractivity contribution in [3.63, 3.8) is 0 Å². The lowest BCUT2D eigenvalue weighted by atomic mass is 10.3. The van der Waals surface area contributed by atoms with Gasteiger partial charge in [-0.1, -0.05) is 23.2 Å². The fourth-order valence-electron chi connectivity index (χ4n) is 1.74. The number of benzene rings is 1. The van der Waals surface area contributed by atoms with E-state index in [-0.39, 0.29) is 17.9 Å². The van der Waals surface area contributed by atoms with Gasteiger partial charge in [0.2, 0.25) is 0 Å². The molecule has 98 valence electrons. The molecule has 1 heterocycles. The van der Waals surface area contributed by atoms with Gasteiger partial charge in [-0.3, -0.25) is 4.79 Å². The van der Waals surface area contributed by atoms with Gasteiger partial charge in [0.25, 0.3) is 5.91 Å². The predicted molar refractivity (Wildman–Crippen MR) is 75.6 cm³/mol. The first-order valence-corrected chi connectivity index (χ1v) is 7.37. The molecule has 1 saturated heterocycles. The highest BCUT2D eigenvalue weighted by molar-refractivity contribution is 8.00. The lowest BCUT2D eigenvalue weighted by Gasteiger charge is -2.20. The molecular formula is C12H13Cl2NO2S. The Balaban J connectivity index is 1.93. The molecule has 6 heteroatoms. The van der Waals surface area contributed by atoms with Crippen molar-refractivity contribution in [3.05, 3.63) is 28.2 Å². The highest BCUT2D eigenvalue weighted by Gasteiger charge is 2.25. The topological polar surface area (TPSA) is 29.5 Å². The minimum absolute atomic E-state index is 0.00620. The second-order valence-corrected chi connectivity index (χ2v) is 6.19. The maximum atomic E-state index is 11.9. The van der Waals surface area contributed by atoms with Crippen LogP contribution in [0, 0.1) is 0 Å². The number of nitrogens with zero attached hydrogens (tertiary/aromatic N) is 1. The molecule has 0 aliphatic carbocycles. The van der Waals surface area contributed by atoms with Gasteiger partial charge in [-0.15, -0.1) is 11.8 Å². The van der Waals surface area contributed by atoms with Gasteiger partial charge in [-0.05, 0) is 25.1 Å². The molecule has 1 aliphatic heterocycles. The van der Waals surface area contributed by atoms with Gasteiger partial charge in [-0.25, -0.2) is 0 Å². The number of halogens is 2. The molecule has 0 spiro atoms. The van der Waals surface area contributed by atoms with Crippen molar-refractivity contribution in [1.29, 1.82) is 0 Å². The Morgan fingerprint density at radius 3 is 2.94 bits per heavy atom. The van der Waals surface area contributed by atoms with Crippen molar-refractivity contribution in [2.24, 2.45) is 0 Å². The van der Waals surface area contributed by atoms with E-state index in [4.69, 9.17) is 27.9 Å². The third-order valence-electron chi connectivity index (χ3n) is 2.70. The lowest BCUT2D eigenvalue weighted by Crippen LogP contribution is -2.36. The zero-order valence-corrected chi connectivity index (χ0v) is 12.2. The summed E-state index contributed by atoms with van der Waals surface area (Å²) in [5.41, 5.74) is 0. The van der Waals surface area contributed by atoms with Crippen molar-refractivity contribution in [2.75, 3.05) is 18.9 Å². The van der Waals surface area contributed by atoms with Crippen molar-refractivity contribution < 1.29 is 9.53 Å². The Labute approximate surface area is 120 Å². The van der Waals surface area contributed by atoms with E-state index in [1.165, 1.54) is 0 Å². The molecule has 0 bridgehead atoms. The molecule has 0 N–H and O–H groups in total. The van der Waals surface area contributed by atoms with Crippen LogP contribution in [0.15, 0.2) is 18.2 Å². The number of thioether (sulfide) groups is 1. The zero-order chi connectivity index (χ0) is 13.1. The summed E-state index contributed by atoms with van der Waals surface area (Å²) in [6.07, 6.45) is 0. The molecule has 18 heavy (non-hydrogen) atoms. The number of rotatable bonds is 3. The maximum Gasteiger partial charge on any atom is 0.261 e. The van der Waals surface area contributed by atoms with Crippen LogP contribution >= 0.6 is 35.0 Å². The Bertz CT molecular complexity index is 456. The molecule has 0 radical (unpaired) electrons. The molecule has 1 aromatic carbocycles. The van der Waals surface area contributed by atoms with Crippen LogP contribution in [-0.2, 0) is 4.79 Å². The SMILES string of the molecule is CC1SCCN1C(=O)COc1ccc(Cl)cc1Cl. The summed E-state index contributed by atoms with van der Waals surface area (Å²) < 4.78 is 5.42. The Hall–Kier alpha value is -0.580. The van der Waals surface area contributed by atoms with Gasteiger partial charge >= 0.3 is 0 Å². The standard InChI is InChI=1S/C12H13Cl2NO2S/c1-8-15(4-5-18-8)12(16)7-17-11-3-2-9(13)6-10(11)14/h2-3,6,8H,4-5,7H2,1H3. The number of hydrogen-bond donors (Lipinski definition) is 0. The van der Waals surface area contributed by atoms with E-state index >= 15 is 0 Å². The van der Waals surface area contributed by atoms with Gasteiger partial charge in [0, 0.05) is 17.3 Å². The van der Waals surface area contributed by atoms with E-state index in [0.717, 1.165) is 12.3 Å². The highest BCUT2D eigenvalue weighted by atomic mass is 35.5. The van der Waals surface area contributed by atoms with Crippen LogP contribution in [0.5, 0.6) is 5.75 Å². The van der Waals surface area contributed by atoms with Gasteiger partial charge in [-0.2, -0.15) is 0 Å². The molecule has 2 rings (SSSR count). The van der Waals surface area contributed by atoms with E-state index in [0.29, 0.717) is 15.8 Å². The average molecular weight is 306 g/mol. The number of carbonyl (C=O) groups is 1. The summed E-state index contributed by atoms with van der Waals surface area (Å²) >= 11 is 13.5. The van der Waals surface area contributed by atoms with Crippen molar-refractivity contribution >= 4 is 40.9 Å². The molecule has 3 nitrogen and oxygen atoms in total. The number of amides is 1. The van der Waals surface area contributed by atoms with E-state index in [1.807, 2.05) is 11.8 Å². The monoisotopic (exact) mass is 305 g/mol. The van der Waals surface area contributed by atoms with E-state index in [9.17, 15) is 4.79 Å². The van der Waals surface area contributed by atoms with Crippen LogP contribution < -0.4 is 4.74 Å². The molecule has 1 fully saturated rings. The molecule has 1 amide bonds. The van der Waals surface area contributed by atoms with Gasteiger partial charge in [0.1, 0.15) is 5.75 Å². The zero-order valence-electron chi connectivity index (χ0n) is 9.86. The quantitative estimate of drug-likeness (QED) is 0.858. The van der Waals surface area contributed by atoms with Crippen LogP contribution in [-0.4, -0.2) is 35.1 Å². The number of carbonyl (C=O) groups excluding carboxylic acids is 1. The summed E-state index contributed by atoms with van der Waals surface area (Å²) in [6.45, 7) is 2.81. The molecular weight excluding hydrogens is 293 g/mol. The van der Waals surface area contributed by atoms with Crippen molar-refractivity contribution in [3.8, 4) is 5.75 Å². The smallest absolute Gasteiger partial charge is 0.261 e. The summed E-state index contributed by atoms with van der Waals surface area (Å²) in [5.74, 6) is 1.45.